The van der Waals surface area contributed by atoms with E-state index in [2.05, 4.69) is 4.74 Å². The predicted octanol–water partition coefficient (Wildman–Crippen LogP) is -0.158. The molecule has 7 heteroatoms. The van der Waals surface area contributed by atoms with Crippen LogP contribution in [0.1, 0.15) is 20.3 Å². The molecule has 0 saturated carbocycles. The van der Waals surface area contributed by atoms with Crippen molar-refractivity contribution in [3.8, 4) is 5.75 Å². The Labute approximate surface area is 134 Å². The fourth-order valence-electron chi connectivity index (χ4n) is 2.55. The van der Waals surface area contributed by atoms with Gasteiger partial charge in [0.15, 0.2) is 12.1 Å². The number of nitrogens with zero attached hydrogens (tertiary/aromatic N) is 1. The molecule has 0 aliphatic carbocycles. The van der Waals surface area contributed by atoms with Crippen molar-refractivity contribution in [1.82, 2.24) is 0 Å². The molecule has 1 aromatic carbocycles. The van der Waals surface area contributed by atoms with E-state index in [0.717, 1.165) is 4.90 Å². The van der Waals surface area contributed by atoms with Crippen LogP contribution >= 0.6 is 0 Å². The molecule has 2 rings (SSSR count). The monoisotopic (exact) mass is 321 g/mol. The highest BCUT2D eigenvalue weighted by Gasteiger charge is 2.43. The normalized spacial score (nSPS) is 18.9. The fraction of sp³-hybridized carbons (Fsp3) is 0.438. The van der Waals surface area contributed by atoms with Crippen molar-refractivity contribution in [2.45, 2.75) is 32.4 Å². The molecule has 23 heavy (non-hydrogen) atoms. The van der Waals surface area contributed by atoms with Gasteiger partial charge >= 0.3 is 5.97 Å². The van der Waals surface area contributed by atoms with Gasteiger partial charge in [0.05, 0.1) is 25.8 Å². The lowest BCUT2D eigenvalue weighted by atomic mass is 10.2. The second-order valence-corrected chi connectivity index (χ2v) is 5.31. The van der Waals surface area contributed by atoms with Crippen LogP contribution in [0.2, 0.25) is 0 Å². The molecule has 7 nitrogen and oxygen atoms in total. The number of amides is 2. The Balaban J connectivity index is 2.10. The first-order chi connectivity index (χ1) is 11.0. The van der Waals surface area contributed by atoms with Crippen molar-refractivity contribution in [3.05, 3.63) is 24.3 Å². The highest BCUT2D eigenvalue weighted by molar-refractivity contribution is 6.21. The molecule has 0 spiro atoms. The molecule has 1 fully saturated rings. The SMILES string of the molecule is CCOc1ccc(N2C(=O)C[C@H]([NH2+][C@@H](C)C(=O)OC)C2=O)cc1. The van der Waals surface area contributed by atoms with Gasteiger partial charge in [-0.2, -0.15) is 0 Å². The van der Waals surface area contributed by atoms with Gasteiger partial charge in [-0.05, 0) is 38.1 Å². The third-order valence-corrected chi connectivity index (χ3v) is 3.68. The van der Waals surface area contributed by atoms with Crippen LogP contribution in [0.15, 0.2) is 24.3 Å². The second-order valence-electron chi connectivity index (χ2n) is 5.31. The molecular formula is C16H21N2O5+. The van der Waals surface area contributed by atoms with E-state index in [-0.39, 0.29) is 18.2 Å². The summed E-state index contributed by atoms with van der Waals surface area (Å²) in [6.45, 7) is 4.07. The molecule has 1 aliphatic heterocycles. The first kappa shape index (κ1) is 17.0. The minimum Gasteiger partial charge on any atom is -0.494 e. The summed E-state index contributed by atoms with van der Waals surface area (Å²) in [5, 5.41) is 1.57. The Morgan fingerprint density at radius 3 is 2.57 bits per heavy atom. The molecule has 0 unspecified atom stereocenters. The fourth-order valence-corrected chi connectivity index (χ4v) is 2.55. The van der Waals surface area contributed by atoms with E-state index in [1.54, 1.807) is 36.5 Å². The Morgan fingerprint density at radius 2 is 2.00 bits per heavy atom. The van der Waals surface area contributed by atoms with Crippen molar-refractivity contribution in [3.63, 3.8) is 0 Å². The number of ether oxygens (including phenoxy) is 2. The molecule has 1 saturated heterocycles. The van der Waals surface area contributed by atoms with Crippen LogP contribution in [0.3, 0.4) is 0 Å². The van der Waals surface area contributed by atoms with E-state index in [9.17, 15) is 14.4 Å². The van der Waals surface area contributed by atoms with Crippen molar-refractivity contribution in [1.29, 1.82) is 0 Å². The number of methoxy groups -OCH3 is 1. The standard InChI is InChI=1S/C16H20N2O5/c1-4-23-12-7-5-11(6-8-12)18-14(19)9-13(15(18)20)17-10(2)16(21)22-3/h5-8,10,13,17H,4,9H2,1-3H3/p+1/t10-,13-/m0/s1. The van der Waals surface area contributed by atoms with Crippen LogP contribution in [0.4, 0.5) is 5.69 Å². The van der Waals surface area contributed by atoms with Crippen LogP contribution < -0.4 is 15.0 Å². The quantitative estimate of drug-likeness (QED) is 0.581. The molecule has 2 N–H and O–H groups in total. The average Bonchev–Trinajstić information content (AvgIpc) is 2.82. The highest BCUT2D eigenvalue weighted by atomic mass is 16.5. The number of hydrogen-bond donors (Lipinski definition) is 1. The number of anilines is 1. The zero-order valence-corrected chi connectivity index (χ0v) is 13.4. The lowest BCUT2D eigenvalue weighted by Crippen LogP contribution is -2.97. The minimum absolute atomic E-state index is 0.0629. The number of quaternary nitrogens is 1. The van der Waals surface area contributed by atoms with Gasteiger partial charge in [-0.15, -0.1) is 0 Å². The Morgan fingerprint density at radius 1 is 1.35 bits per heavy atom. The van der Waals surface area contributed by atoms with E-state index in [1.807, 2.05) is 6.92 Å². The Kier molecular flexibility index (Phi) is 5.33. The number of benzene rings is 1. The zero-order chi connectivity index (χ0) is 17.0. The number of imide groups is 1. The van der Waals surface area contributed by atoms with Crippen molar-refractivity contribution in [2.75, 3.05) is 18.6 Å². The summed E-state index contributed by atoms with van der Waals surface area (Å²) >= 11 is 0. The van der Waals surface area contributed by atoms with Crippen LogP contribution in [-0.2, 0) is 19.1 Å². The molecule has 0 bridgehead atoms. The minimum atomic E-state index is -0.608. The van der Waals surface area contributed by atoms with Gasteiger partial charge in [0.1, 0.15) is 5.75 Å². The number of rotatable bonds is 6. The smallest absolute Gasteiger partial charge is 0.364 e. The van der Waals surface area contributed by atoms with Gasteiger partial charge in [-0.3, -0.25) is 9.59 Å². The van der Waals surface area contributed by atoms with Crippen LogP contribution in [0.5, 0.6) is 5.75 Å². The lowest BCUT2D eigenvalue weighted by molar-refractivity contribution is -0.693. The van der Waals surface area contributed by atoms with E-state index in [0.29, 0.717) is 18.0 Å². The average molecular weight is 321 g/mol. The molecule has 2 amide bonds. The zero-order valence-electron chi connectivity index (χ0n) is 13.4. The summed E-state index contributed by atoms with van der Waals surface area (Å²) in [5.41, 5.74) is 0.505. The van der Waals surface area contributed by atoms with Crippen molar-refractivity contribution < 1.29 is 29.2 Å². The van der Waals surface area contributed by atoms with Gasteiger partial charge in [-0.25, -0.2) is 9.69 Å². The Hall–Kier alpha value is -2.41. The summed E-state index contributed by atoms with van der Waals surface area (Å²) in [4.78, 5) is 37.2. The number of carbonyl (C=O) groups excluding carboxylic acids is 3. The summed E-state index contributed by atoms with van der Waals surface area (Å²) in [5.74, 6) is -0.352. The summed E-state index contributed by atoms with van der Waals surface area (Å²) in [7, 11) is 1.29. The van der Waals surface area contributed by atoms with Crippen LogP contribution in [0, 0.1) is 0 Å². The predicted molar refractivity (Wildman–Crippen MR) is 81.9 cm³/mol. The Bertz CT molecular complexity index is 599. The second kappa shape index (κ2) is 7.23. The van der Waals surface area contributed by atoms with E-state index < -0.39 is 18.1 Å². The maximum absolute atomic E-state index is 12.5. The molecule has 0 radical (unpaired) electrons. The van der Waals surface area contributed by atoms with Gasteiger partial charge < -0.3 is 14.8 Å². The molecule has 1 aromatic rings. The summed E-state index contributed by atoms with van der Waals surface area (Å²) in [6.07, 6.45) is 0.0629. The van der Waals surface area contributed by atoms with E-state index in [4.69, 9.17) is 4.74 Å². The van der Waals surface area contributed by atoms with Gasteiger partial charge in [-0.1, -0.05) is 0 Å². The molecule has 2 atom stereocenters. The number of carbonyl (C=O) groups is 3. The first-order valence-electron chi connectivity index (χ1n) is 7.50. The van der Waals surface area contributed by atoms with E-state index in [1.165, 1.54) is 7.11 Å². The number of hydrogen-bond acceptors (Lipinski definition) is 5. The highest BCUT2D eigenvalue weighted by Crippen LogP contribution is 2.24. The number of nitrogens with two attached hydrogens (primary N) is 1. The lowest BCUT2D eigenvalue weighted by Gasteiger charge is -2.16. The third-order valence-electron chi connectivity index (χ3n) is 3.68. The largest absolute Gasteiger partial charge is 0.494 e. The molecule has 0 aromatic heterocycles. The van der Waals surface area contributed by atoms with Crippen LogP contribution in [0.25, 0.3) is 0 Å². The summed E-state index contributed by atoms with van der Waals surface area (Å²) in [6, 6.07) is 5.63. The van der Waals surface area contributed by atoms with Crippen molar-refractivity contribution in [2.24, 2.45) is 0 Å². The molecule has 124 valence electrons. The summed E-state index contributed by atoms with van der Waals surface area (Å²) < 4.78 is 9.98. The molecule has 1 aliphatic rings. The van der Waals surface area contributed by atoms with Crippen LogP contribution in [-0.4, -0.2) is 43.6 Å². The topological polar surface area (TPSA) is 89.5 Å². The third kappa shape index (κ3) is 3.68. The van der Waals surface area contributed by atoms with Gasteiger partial charge in [0.2, 0.25) is 5.91 Å². The van der Waals surface area contributed by atoms with E-state index >= 15 is 0 Å². The van der Waals surface area contributed by atoms with Crippen molar-refractivity contribution >= 4 is 23.5 Å². The maximum atomic E-state index is 12.5. The number of esters is 1. The van der Waals surface area contributed by atoms with Gasteiger partial charge in [0.25, 0.3) is 5.91 Å². The molecule has 1 heterocycles. The maximum Gasteiger partial charge on any atom is 0.364 e. The first-order valence-corrected chi connectivity index (χ1v) is 7.50. The molecular weight excluding hydrogens is 300 g/mol. The van der Waals surface area contributed by atoms with Gasteiger partial charge in [0, 0.05) is 0 Å².